The van der Waals surface area contributed by atoms with E-state index in [0.717, 1.165) is 12.2 Å². The van der Waals surface area contributed by atoms with Gasteiger partial charge in [0.05, 0.1) is 24.0 Å². The number of nitrogens with two attached hydrogens (primary N) is 1. The van der Waals surface area contributed by atoms with Gasteiger partial charge in [0.25, 0.3) is 0 Å². The molecule has 2 heterocycles. The first-order chi connectivity index (χ1) is 9.10. The van der Waals surface area contributed by atoms with Crippen LogP contribution in [-0.2, 0) is 13.0 Å². The maximum absolute atomic E-state index is 10.7. The van der Waals surface area contributed by atoms with Crippen LogP contribution in [0.15, 0.2) is 22.9 Å². The Morgan fingerprint density at radius 1 is 1.47 bits per heavy atom. The molecule has 0 aliphatic carbocycles. The minimum atomic E-state index is -1.06. The molecular weight excluding hydrogens is 248 g/mol. The van der Waals surface area contributed by atoms with Crippen LogP contribution >= 0.6 is 0 Å². The molecule has 2 aromatic rings. The van der Waals surface area contributed by atoms with Gasteiger partial charge in [0.1, 0.15) is 11.6 Å². The van der Waals surface area contributed by atoms with Crippen molar-refractivity contribution in [3.8, 4) is 0 Å². The van der Waals surface area contributed by atoms with Crippen molar-refractivity contribution in [3.05, 3.63) is 35.7 Å². The molecule has 7 heteroatoms. The van der Waals surface area contributed by atoms with Crippen molar-refractivity contribution < 1.29 is 14.3 Å². The van der Waals surface area contributed by atoms with Crippen LogP contribution in [0.3, 0.4) is 0 Å². The van der Waals surface area contributed by atoms with Gasteiger partial charge >= 0.3 is 5.97 Å². The van der Waals surface area contributed by atoms with Crippen LogP contribution in [0, 0.1) is 0 Å². The molecule has 0 saturated heterocycles. The fraction of sp³-hybridized carbons (Fsp3) is 0.250. The highest BCUT2D eigenvalue weighted by Crippen LogP contribution is 2.17. The lowest BCUT2D eigenvalue weighted by molar-refractivity contribution is 0.0696. The molecule has 2 rings (SSSR count). The predicted octanol–water partition coefficient (Wildman–Crippen LogP) is 1.52. The van der Waals surface area contributed by atoms with E-state index in [0.29, 0.717) is 18.3 Å². The van der Waals surface area contributed by atoms with Crippen molar-refractivity contribution >= 4 is 17.5 Å². The minimum Gasteiger partial charge on any atom is -0.478 e. The molecule has 0 unspecified atom stereocenters. The van der Waals surface area contributed by atoms with Crippen molar-refractivity contribution in [2.45, 2.75) is 19.9 Å². The molecule has 0 spiro atoms. The standard InChI is InChI=1S/C12H14N4O3/c1-2-8-5-14-10(19-8)6-16-11-9(13)3-7(4-15-11)12(17)18/h3-5H,2,6,13H2,1H3,(H,15,16)(H,17,18). The zero-order chi connectivity index (χ0) is 13.8. The quantitative estimate of drug-likeness (QED) is 0.748. The molecular formula is C12H14N4O3. The number of carboxylic acids is 1. The zero-order valence-corrected chi connectivity index (χ0v) is 10.4. The second-order valence-corrected chi connectivity index (χ2v) is 3.89. The average Bonchev–Trinajstić information content (AvgIpc) is 2.85. The SMILES string of the molecule is CCc1cnc(CNc2ncc(C(=O)O)cc2N)o1. The lowest BCUT2D eigenvalue weighted by atomic mass is 10.2. The van der Waals surface area contributed by atoms with Crippen LogP contribution < -0.4 is 11.1 Å². The highest BCUT2D eigenvalue weighted by atomic mass is 16.4. The first-order valence-electron chi connectivity index (χ1n) is 5.76. The predicted molar refractivity (Wildman–Crippen MR) is 68.8 cm³/mol. The van der Waals surface area contributed by atoms with E-state index in [9.17, 15) is 4.79 Å². The van der Waals surface area contributed by atoms with E-state index in [2.05, 4.69) is 15.3 Å². The molecule has 0 saturated carbocycles. The van der Waals surface area contributed by atoms with Gasteiger partial charge in [0.15, 0.2) is 0 Å². The molecule has 0 amide bonds. The fourth-order valence-electron chi connectivity index (χ4n) is 1.50. The van der Waals surface area contributed by atoms with Gasteiger partial charge in [-0.1, -0.05) is 6.92 Å². The van der Waals surface area contributed by atoms with E-state index >= 15 is 0 Å². The number of aromatic nitrogens is 2. The van der Waals surface area contributed by atoms with Gasteiger partial charge < -0.3 is 20.6 Å². The van der Waals surface area contributed by atoms with Gasteiger partial charge in [-0.05, 0) is 6.07 Å². The van der Waals surface area contributed by atoms with Crippen LogP contribution in [0.4, 0.5) is 11.5 Å². The first-order valence-corrected chi connectivity index (χ1v) is 5.76. The summed E-state index contributed by atoms with van der Waals surface area (Å²) in [5.74, 6) is 0.673. The number of nitrogen functional groups attached to an aromatic ring is 1. The molecule has 4 N–H and O–H groups in total. The minimum absolute atomic E-state index is 0.0486. The van der Waals surface area contributed by atoms with Crippen LogP contribution in [0.25, 0.3) is 0 Å². The van der Waals surface area contributed by atoms with E-state index in [1.165, 1.54) is 12.3 Å². The highest BCUT2D eigenvalue weighted by molar-refractivity contribution is 5.89. The molecule has 7 nitrogen and oxygen atoms in total. The number of carbonyl (C=O) groups is 1. The normalized spacial score (nSPS) is 10.4. The Balaban J connectivity index is 2.05. The summed E-state index contributed by atoms with van der Waals surface area (Å²) in [6.45, 7) is 2.31. The number of carboxylic acid groups (broad SMARTS) is 1. The Bertz CT molecular complexity index is 594. The summed E-state index contributed by atoms with van der Waals surface area (Å²) >= 11 is 0. The van der Waals surface area contributed by atoms with Crippen LogP contribution in [0.1, 0.15) is 28.9 Å². The van der Waals surface area contributed by atoms with Gasteiger partial charge in [0.2, 0.25) is 5.89 Å². The second kappa shape index (κ2) is 5.38. The van der Waals surface area contributed by atoms with E-state index in [1.54, 1.807) is 6.20 Å². The number of hydrogen-bond acceptors (Lipinski definition) is 6. The monoisotopic (exact) mass is 262 g/mol. The van der Waals surface area contributed by atoms with E-state index in [1.807, 2.05) is 6.92 Å². The Morgan fingerprint density at radius 3 is 2.84 bits per heavy atom. The molecule has 0 aliphatic rings. The van der Waals surface area contributed by atoms with E-state index < -0.39 is 5.97 Å². The summed E-state index contributed by atoms with van der Waals surface area (Å²) in [7, 11) is 0. The van der Waals surface area contributed by atoms with E-state index in [4.69, 9.17) is 15.3 Å². The number of aromatic carboxylic acids is 1. The number of aryl methyl sites for hydroxylation is 1. The molecule has 0 bridgehead atoms. The Labute approximate surface area is 109 Å². The average molecular weight is 262 g/mol. The molecule has 0 fully saturated rings. The van der Waals surface area contributed by atoms with Crippen molar-refractivity contribution in [1.82, 2.24) is 9.97 Å². The van der Waals surface area contributed by atoms with Gasteiger partial charge in [-0.3, -0.25) is 0 Å². The lowest BCUT2D eigenvalue weighted by Crippen LogP contribution is -2.07. The number of pyridine rings is 1. The number of anilines is 2. The van der Waals surface area contributed by atoms with E-state index in [-0.39, 0.29) is 11.3 Å². The summed E-state index contributed by atoms with van der Waals surface area (Å²) in [6.07, 6.45) is 3.69. The van der Waals surface area contributed by atoms with Crippen LogP contribution in [-0.4, -0.2) is 21.0 Å². The Kier molecular flexibility index (Phi) is 3.65. The number of hydrogen-bond donors (Lipinski definition) is 3. The lowest BCUT2D eigenvalue weighted by Gasteiger charge is -2.06. The zero-order valence-electron chi connectivity index (χ0n) is 10.4. The Hall–Kier alpha value is -2.57. The summed E-state index contributed by atoms with van der Waals surface area (Å²) in [5.41, 5.74) is 6.03. The van der Waals surface area contributed by atoms with Gasteiger partial charge in [-0.15, -0.1) is 0 Å². The highest BCUT2D eigenvalue weighted by Gasteiger charge is 2.08. The Morgan fingerprint density at radius 2 is 2.26 bits per heavy atom. The molecule has 19 heavy (non-hydrogen) atoms. The van der Waals surface area contributed by atoms with Crippen molar-refractivity contribution in [2.75, 3.05) is 11.1 Å². The maximum atomic E-state index is 10.7. The van der Waals surface area contributed by atoms with Crippen LogP contribution in [0.2, 0.25) is 0 Å². The second-order valence-electron chi connectivity index (χ2n) is 3.89. The van der Waals surface area contributed by atoms with Gasteiger partial charge in [0, 0.05) is 12.6 Å². The van der Waals surface area contributed by atoms with Crippen molar-refractivity contribution in [3.63, 3.8) is 0 Å². The molecule has 100 valence electrons. The summed E-state index contributed by atoms with van der Waals surface area (Å²) in [4.78, 5) is 18.8. The van der Waals surface area contributed by atoms with Crippen molar-refractivity contribution in [1.29, 1.82) is 0 Å². The molecule has 0 aliphatic heterocycles. The maximum Gasteiger partial charge on any atom is 0.337 e. The fourth-order valence-corrected chi connectivity index (χ4v) is 1.50. The third-order valence-corrected chi connectivity index (χ3v) is 2.52. The van der Waals surface area contributed by atoms with Crippen molar-refractivity contribution in [2.24, 2.45) is 0 Å². The molecule has 0 aromatic carbocycles. The molecule has 0 radical (unpaired) electrons. The number of rotatable bonds is 5. The molecule has 2 aromatic heterocycles. The largest absolute Gasteiger partial charge is 0.478 e. The number of nitrogens with zero attached hydrogens (tertiary/aromatic N) is 2. The number of nitrogens with one attached hydrogen (secondary N) is 1. The van der Waals surface area contributed by atoms with Crippen LogP contribution in [0.5, 0.6) is 0 Å². The topological polar surface area (TPSA) is 114 Å². The van der Waals surface area contributed by atoms with Gasteiger partial charge in [-0.25, -0.2) is 14.8 Å². The summed E-state index contributed by atoms with van der Waals surface area (Å²) in [5, 5.41) is 11.7. The molecule has 0 atom stereocenters. The summed E-state index contributed by atoms with van der Waals surface area (Å²) in [6, 6.07) is 1.35. The third-order valence-electron chi connectivity index (χ3n) is 2.52. The number of oxazole rings is 1. The third kappa shape index (κ3) is 3.01. The first kappa shape index (κ1) is 12.9. The smallest absolute Gasteiger partial charge is 0.337 e. The summed E-state index contributed by atoms with van der Waals surface area (Å²) < 4.78 is 5.42. The van der Waals surface area contributed by atoms with Gasteiger partial charge in [-0.2, -0.15) is 0 Å².